The lowest BCUT2D eigenvalue weighted by Gasteiger charge is -2.21. The maximum Gasteiger partial charge on any atom is 0.269 e. The molecule has 0 spiro atoms. The van der Waals surface area contributed by atoms with Crippen LogP contribution in [0, 0.1) is 16.0 Å². The summed E-state index contributed by atoms with van der Waals surface area (Å²) in [5.74, 6) is 1.22. The second kappa shape index (κ2) is 11.8. The number of aromatic nitrogens is 3. The van der Waals surface area contributed by atoms with Crippen LogP contribution in [0.2, 0.25) is 5.02 Å². The Morgan fingerprint density at radius 2 is 1.94 bits per heavy atom. The van der Waals surface area contributed by atoms with E-state index in [1.165, 1.54) is 23.9 Å². The van der Waals surface area contributed by atoms with Gasteiger partial charge in [-0.2, -0.15) is 0 Å². The number of amides is 1. The summed E-state index contributed by atoms with van der Waals surface area (Å²) in [4.78, 5) is 23.4. The van der Waals surface area contributed by atoms with E-state index in [9.17, 15) is 14.9 Å². The van der Waals surface area contributed by atoms with Gasteiger partial charge in [0.15, 0.2) is 11.0 Å². The molecule has 0 aliphatic carbocycles. The summed E-state index contributed by atoms with van der Waals surface area (Å²) in [6.45, 7) is 8.48. The fourth-order valence-corrected chi connectivity index (χ4v) is 4.54. The molecule has 0 saturated carbocycles. The van der Waals surface area contributed by atoms with Crippen molar-refractivity contribution >= 4 is 35.0 Å². The minimum atomic E-state index is -0.421. The number of nitro groups is 1. The smallest absolute Gasteiger partial charge is 0.269 e. The number of nitro benzene ring substituents is 1. The molecule has 10 heteroatoms. The highest BCUT2D eigenvalue weighted by Crippen LogP contribution is 2.28. The molecule has 1 amide bonds. The van der Waals surface area contributed by atoms with Crippen LogP contribution in [-0.2, 0) is 12.3 Å². The fourth-order valence-electron chi connectivity index (χ4n) is 3.41. The first-order valence-corrected chi connectivity index (χ1v) is 12.1. The second-order valence-corrected chi connectivity index (χ2v) is 9.44. The van der Waals surface area contributed by atoms with E-state index in [-0.39, 0.29) is 17.6 Å². The summed E-state index contributed by atoms with van der Waals surface area (Å²) < 4.78 is 1.93. The quantitative estimate of drug-likeness (QED) is 0.154. The van der Waals surface area contributed by atoms with E-state index in [1.54, 1.807) is 42.5 Å². The summed E-state index contributed by atoms with van der Waals surface area (Å²) in [6, 6.07) is 13.0. The third kappa shape index (κ3) is 6.45. The first kappa shape index (κ1) is 25.5. The normalized spacial score (nSPS) is 11.9. The molecule has 0 aliphatic rings. The topological polar surface area (TPSA) is 103 Å². The molecule has 1 atom stereocenters. The molecular formula is C24H26ClN5O3S. The molecule has 0 aliphatic heterocycles. The van der Waals surface area contributed by atoms with Crippen LogP contribution in [0.3, 0.4) is 0 Å². The third-order valence-electron chi connectivity index (χ3n) is 5.01. The summed E-state index contributed by atoms with van der Waals surface area (Å²) in [5.41, 5.74) is 1.38. The summed E-state index contributed by atoms with van der Waals surface area (Å²) in [5, 5.41) is 23.8. The number of allylic oxidation sites excluding steroid dienone is 1. The maximum absolute atomic E-state index is 13.0. The molecule has 0 bridgehead atoms. The van der Waals surface area contributed by atoms with Crippen molar-refractivity contribution in [2.24, 2.45) is 5.92 Å². The summed E-state index contributed by atoms with van der Waals surface area (Å²) in [7, 11) is 0. The molecule has 8 nitrogen and oxygen atoms in total. The Kier molecular flexibility index (Phi) is 8.84. The number of benzene rings is 2. The lowest BCUT2D eigenvalue weighted by molar-refractivity contribution is -0.384. The molecule has 3 rings (SSSR count). The molecule has 0 radical (unpaired) electrons. The number of carbonyl (C=O) groups is 1. The van der Waals surface area contributed by atoms with E-state index in [1.807, 2.05) is 4.57 Å². The first-order valence-electron chi connectivity index (χ1n) is 10.8. The van der Waals surface area contributed by atoms with Crippen LogP contribution in [0.1, 0.15) is 48.1 Å². The van der Waals surface area contributed by atoms with Gasteiger partial charge in [0.05, 0.1) is 21.6 Å². The maximum atomic E-state index is 13.0. The van der Waals surface area contributed by atoms with Crippen molar-refractivity contribution in [3.05, 3.63) is 93.3 Å². The Hall–Kier alpha value is -3.17. The average molecular weight is 500 g/mol. The molecule has 3 aromatic rings. The van der Waals surface area contributed by atoms with Crippen LogP contribution in [0.15, 0.2) is 66.3 Å². The van der Waals surface area contributed by atoms with Gasteiger partial charge in [-0.3, -0.25) is 14.9 Å². The molecule has 1 aromatic heterocycles. The van der Waals surface area contributed by atoms with Gasteiger partial charge in [0.2, 0.25) is 0 Å². The van der Waals surface area contributed by atoms with Gasteiger partial charge in [-0.1, -0.05) is 67.6 Å². The van der Waals surface area contributed by atoms with Crippen LogP contribution < -0.4 is 5.32 Å². The number of hydrogen-bond acceptors (Lipinski definition) is 6. The zero-order valence-electron chi connectivity index (χ0n) is 19.0. The van der Waals surface area contributed by atoms with E-state index in [0.717, 1.165) is 5.56 Å². The van der Waals surface area contributed by atoms with Crippen molar-refractivity contribution < 1.29 is 9.72 Å². The number of hydrogen-bond donors (Lipinski definition) is 1. The minimum absolute atomic E-state index is 0.0525. The van der Waals surface area contributed by atoms with E-state index in [2.05, 4.69) is 35.9 Å². The van der Waals surface area contributed by atoms with Gasteiger partial charge >= 0.3 is 0 Å². The number of nitrogens with zero attached hydrogens (tertiary/aromatic N) is 4. The second-order valence-electron chi connectivity index (χ2n) is 8.09. The number of nitrogens with one attached hydrogen (secondary N) is 1. The van der Waals surface area contributed by atoms with Crippen LogP contribution in [0.5, 0.6) is 0 Å². The molecule has 2 aromatic carbocycles. The van der Waals surface area contributed by atoms with E-state index < -0.39 is 4.92 Å². The van der Waals surface area contributed by atoms with Crippen LogP contribution in [0.4, 0.5) is 5.69 Å². The molecule has 0 unspecified atom stereocenters. The highest BCUT2D eigenvalue weighted by molar-refractivity contribution is 7.98. The Morgan fingerprint density at radius 3 is 2.56 bits per heavy atom. The van der Waals surface area contributed by atoms with Crippen LogP contribution in [0.25, 0.3) is 0 Å². The van der Waals surface area contributed by atoms with Gasteiger partial charge in [0.25, 0.3) is 11.6 Å². The predicted octanol–water partition coefficient (Wildman–Crippen LogP) is 5.84. The minimum Gasteiger partial charge on any atom is -0.342 e. The van der Waals surface area contributed by atoms with E-state index in [0.29, 0.717) is 46.2 Å². The zero-order valence-corrected chi connectivity index (χ0v) is 20.6. The van der Waals surface area contributed by atoms with E-state index >= 15 is 0 Å². The molecule has 0 fully saturated rings. The Bertz CT molecular complexity index is 1160. The fraction of sp³-hybridized carbons (Fsp3) is 0.292. The number of thioether (sulfide) groups is 1. The highest BCUT2D eigenvalue weighted by atomic mass is 35.5. The van der Waals surface area contributed by atoms with Gasteiger partial charge in [0.1, 0.15) is 0 Å². The third-order valence-corrected chi connectivity index (χ3v) is 6.38. The monoisotopic (exact) mass is 499 g/mol. The Balaban J connectivity index is 1.83. The summed E-state index contributed by atoms with van der Waals surface area (Å²) >= 11 is 7.69. The molecule has 1 heterocycles. The van der Waals surface area contributed by atoms with Crippen molar-refractivity contribution in [2.75, 3.05) is 0 Å². The molecule has 178 valence electrons. The van der Waals surface area contributed by atoms with Gasteiger partial charge in [0, 0.05) is 24.4 Å². The van der Waals surface area contributed by atoms with Crippen LogP contribution in [-0.4, -0.2) is 25.6 Å². The van der Waals surface area contributed by atoms with Crippen molar-refractivity contribution in [3.8, 4) is 0 Å². The standard InChI is InChI=1S/C24H26ClN5O3S/c1-4-13-29-22(21(14-16(2)3)26-23(31)19-7-5-6-8-20(19)25)27-28-24(29)34-15-17-9-11-18(12-10-17)30(32)33/h4-12,16,21H,1,13-15H2,2-3H3,(H,26,31)/t21-/m0/s1. The van der Waals surface area contributed by atoms with E-state index in [4.69, 9.17) is 11.6 Å². The van der Waals surface area contributed by atoms with Crippen molar-refractivity contribution in [1.82, 2.24) is 20.1 Å². The number of non-ortho nitro benzene ring substituents is 1. The molecule has 34 heavy (non-hydrogen) atoms. The largest absolute Gasteiger partial charge is 0.342 e. The van der Waals surface area contributed by atoms with Gasteiger partial charge in [-0.15, -0.1) is 16.8 Å². The predicted molar refractivity (Wildman–Crippen MR) is 134 cm³/mol. The van der Waals surface area contributed by atoms with Crippen LogP contribution >= 0.6 is 23.4 Å². The van der Waals surface area contributed by atoms with Crippen molar-refractivity contribution in [3.63, 3.8) is 0 Å². The summed E-state index contributed by atoms with van der Waals surface area (Å²) in [6.07, 6.45) is 2.42. The highest BCUT2D eigenvalue weighted by Gasteiger charge is 2.25. The van der Waals surface area contributed by atoms with Crippen molar-refractivity contribution in [2.45, 2.75) is 43.8 Å². The first-order chi connectivity index (χ1) is 16.3. The average Bonchev–Trinajstić information content (AvgIpc) is 3.20. The Morgan fingerprint density at radius 1 is 1.24 bits per heavy atom. The molecule has 1 N–H and O–H groups in total. The lowest BCUT2D eigenvalue weighted by atomic mass is 10.0. The molecular weight excluding hydrogens is 474 g/mol. The number of rotatable bonds is 11. The number of halogens is 1. The van der Waals surface area contributed by atoms with Gasteiger partial charge < -0.3 is 9.88 Å². The zero-order chi connectivity index (χ0) is 24.7. The van der Waals surface area contributed by atoms with Gasteiger partial charge in [-0.25, -0.2) is 0 Å². The van der Waals surface area contributed by atoms with Gasteiger partial charge in [-0.05, 0) is 30.0 Å². The van der Waals surface area contributed by atoms with Crippen molar-refractivity contribution in [1.29, 1.82) is 0 Å². The SMILES string of the molecule is C=CCn1c(SCc2ccc([N+](=O)[O-])cc2)nnc1[C@H](CC(C)C)NC(=O)c1ccccc1Cl. The lowest BCUT2D eigenvalue weighted by Crippen LogP contribution is -2.31. The Labute approximate surface area is 207 Å². The molecule has 0 saturated heterocycles. The number of carbonyl (C=O) groups excluding carboxylic acids is 1.